The van der Waals surface area contributed by atoms with E-state index in [0.717, 1.165) is 18.9 Å². The average molecular weight is 371 g/mol. The largest absolute Gasteiger partial charge is 0.474 e. The van der Waals surface area contributed by atoms with E-state index in [4.69, 9.17) is 4.74 Å². The van der Waals surface area contributed by atoms with E-state index in [0.29, 0.717) is 13.1 Å². The average Bonchev–Trinajstić information content (AvgIpc) is 3.09. The van der Waals surface area contributed by atoms with Gasteiger partial charge in [-0.25, -0.2) is 8.42 Å². The van der Waals surface area contributed by atoms with Crippen molar-refractivity contribution < 1.29 is 22.9 Å². The molecular formula is C15H21N3O6S. The van der Waals surface area contributed by atoms with Crippen molar-refractivity contribution in [1.82, 2.24) is 9.21 Å². The first-order valence-corrected chi connectivity index (χ1v) is 9.25. The van der Waals surface area contributed by atoms with Crippen LogP contribution in [0.4, 0.5) is 5.69 Å². The van der Waals surface area contributed by atoms with Gasteiger partial charge in [-0.1, -0.05) is 0 Å². The molecule has 0 N–H and O–H groups in total. The fourth-order valence-electron chi connectivity index (χ4n) is 2.58. The van der Waals surface area contributed by atoms with E-state index in [2.05, 4.69) is 0 Å². The molecular weight excluding hydrogens is 350 g/mol. The Morgan fingerprint density at radius 3 is 2.44 bits per heavy atom. The molecule has 1 saturated heterocycles. The number of amides is 1. The van der Waals surface area contributed by atoms with Gasteiger partial charge in [-0.05, 0) is 31.9 Å². The molecule has 1 aromatic carbocycles. The summed E-state index contributed by atoms with van der Waals surface area (Å²) in [4.78, 5) is 23.6. The molecule has 1 fully saturated rings. The van der Waals surface area contributed by atoms with Crippen LogP contribution in [0.25, 0.3) is 0 Å². The summed E-state index contributed by atoms with van der Waals surface area (Å²) in [6.45, 7) is 2.28. The van der Waals surface area contributed by atoms with E-state index >= 15 is 0 Å². The number of hydrogen-bond acceptors (Lipinski definition) is 6. The Bertz CT molecular complexity index is 771. The topological polar surface area (TPSA) is 110 Å². The van der Waals surface area contributed by atoms with Crippen molar-refractivity contribution in [2.24, 2.45) is 0 Å². The first kappa shape index (κ1) is 19.1. The quantitative estimate of drug-likeness (QED) is 0.549. The highest BCUT2D eigenvalue weighted by atomic mass is 32.2. The Morgan fingerprint density at radius 2 is 1.92 bits per heavy atom. The Hall–Kier alpha value is -2.20. The first-order chi connectivity index (χ1) is 11.6. The zero-order valence-corrected chi connectivity index (χ0v) is 15.2. The SMILES string of the molecule is CC(Oc1ccc(S(=O)(=O)N2CCCC2)cc1[N+](=O)[O-])C(=O)N(C)C. The molecule has 138 valence electrons. The van der Waals surface area contributed by atoms with Crippen molar-refractivity contribution in [3.05, 3.63) is 28.3 Å². The molecule has 25 heavy (non-hydrogen) atoms. The van der Waals surface area contributed by atoms with E-state index < -0.39 is 26.7 Å². The molecule has 2 rings (SSSR count). The highest BCUT2D eigenvalue weighted by molar-refractivity contribution is 7.89. The minimum atomic E-state index is -3.77. The van der Waals surface area contributed by atoms with Gasteiger partial charge in [0, 0.05) is 33.3 Å². The lowest BCUT2D eigenvalue weighted by molar-refractivity contribution is -0.386. The normalized spacial score (nSPS) is 16.4. The minimum Gasteiger partial charge on any atom is -0.474 e. The van der Waals surface area contributed by atoms with Gasteiger partial charge in [-0.15, -0.1) is 0 Å². The number of nitrogens with zero attached hydrogens (tertiary/aromatic N) is 3. The third kappa shape index (κ3) is 4.07. The summed E-state index contributed by atoms with van der Waals surface area (Å²) < 4.78 is 31.8. The maximum absolute atomic E-state index is 12.5. The summed E-state index contributed by atoms with van der Waals surface area (Å²) in [6.07, 6.45) is 0.606. The van der Waals surface area contributed by atoms with Crippen LogP contribution < -0.4 is 4.74 Å². The molecule has 9 nitrogen and oxygen atoms in total. The van der Waals surface area contributed by atoms with Crippen LogP contribution in [-0.4, -0.2) is 61.7 Å². The van der Waals surface area contributed by atoms with E-state index in [1.807, 2.05) is 0 Å². The van der Waals surface area contributed by atoms with Gasteiger partial charge in [0.15, 0.2) is 11.9 Å². The van der Waals surface area contributed by atoms with Gasteiger partial charge in [-0.3, -0.25) is 14.9 Å². The molecule has 0 aliphatic carbocycles. The molecule has 10 heteroatoms. The van der Waals surface area contributed by atoms with Crippen molar-refractivity contribution in [3.8, 4) is 5.75 Å². The smallest absolute Gasteiger partial charge is 0.312 e. The summed E-state index contributed by atoms with van der Waals surface area (Å²) in [5.74, 6) is -0.504. The zero-order valence-electron chi connectivity index (χ0n) is 14.3. The molecule has 0 bridgehead atoms. The third-order valence-corrected chi connectivity index (χ3v) is 5.82. The fourth-order valence-corrected chi connectivity index (χ4v) is 4.12. The number of nitro groups is 1. The van der Waals surface area contributed by atoms with Gasteiger partial charge in [-0.2, -0.15) is 4.31 Å². The number of hydrogen-bond donors (Lipinski definition) is 0. The molecule has 1 aliphatic heterocycles. The van der Waals surface area contributed by atoms with E-state index in [-0.39, 0.29) is 16.6 Å². The summed E-state index contributed by atoms with van der Waals surface area (Å²) in [5.41, 5.74) is -0.487. The molecule has 0 aromatic heterocycles. The Kier molecular flexibility index (Phi) is 5.63. The minimum absolute atomic E-state index is 0.145. The molecule has 1 unspecified atom stereocenters. The molecule has 0 radical (unpaired) electrons. The molecule has 1 amide bonds. The van der Waals surface area contributed by atoms with Gasteiger partial charge in [0.1, 0.15) is 0 Å². The lowest BCUT2D eigenvalue weighted by atomic mass is 10.3. The molecule has 1 aliphatic rings. The maximum Gasteiger partial charge on any atom is 0.312 e. The Balaban J connectivity index is 2.35. The highest BCUT2D eigenvalue weighted by Crippen LogP contribution is 2.32. The fraction of sp³-hybridized carbons (Fsp3) is 0.533. The van der Waals surface area contributed by atoms with E-state index in [9.17, 15) is 23.3 Å². The summed E-state index contributed by atoms with van der Waals surface area (Å²) in [7, 11) is -0.684. The summed E-state index contributed by atoms with van der Waals surface area (Å²) >= 11 is 0. The van der Waals surface area contributed by atoms with Crippen LogP contribution in [0.5, 0.6) is 5.75 Å². The number of sulfonamides is 1. The molecule has 0 saturated carbocycles. The summed E-state index contributed by atoms with van der Waals surface area (Å²) in [5, 5.41) is 11.3. The van der Waals surface area contributed by atoms with Crippen molar-refractivity contribution in [2.75, 3.05) is 27.2 Å². The number of likely N-dealkylation sites (N-methyl/N-ethyl adjacent to an activating group) is 1. The predicted molar refractivity (Wildman–Crippen MR) is 89.9 cm³/mol. The van der Waals surface area contributed by atoms with Crippen molar-refractivity contribution >= 4 is 21.6 Å². The van der Waals surface area contributed by atoms with Crippen LogP contribution in [0.3, 0.4) is 0 Å². The number of nitro benzene ring substituents is 1. The van der Waals surface area contributed by atoms with Crippen LogP contribution in [-0.2, 0) is 14.8 Å². The molecule has 1 aromatic rings. The first-order valence-electron chi connectivity index (χ1n) is 7.81. The molecule has 1 atom stereocenters. The van der Waals surface area contributed by atoms with Gasteiger partial charge < -0.3 is 9.64 Å². The van der Waals surface area contributed by atoms with Gasteiger partial charge in [0.2, 0.25) is 10.0 Å². The molecule has 1 heterocycles. The van der Waals surface area contributed by atoms with E-state index in [1.165, 1.54) is 28.3 Å². The lowest BCUT2D eigenvalue weighted by Crippen LogP contribution is -2.35. The van der Waals surface area contributed by atoms with Gasteiger partial charge >= 0.3 is 5.69 Å². The van der Waals surface area contributed by atoms with Crippen molar-refractivity contribution in [3.63, 3.8) is 0 Å². The second-order valence-corrected chi connectivity index (χ2v) is 7.93. The number of carbonyl (C=O) groups is 1. The van der Waals surface area contributed by atoms with Crippen LogP contribution in [0.2, 0.25) is 0 Å². The van der Waals surface area contributed by atoms with Crippen LogP contribution >= 0.6 is 0 Å². The number of rotatable bonds is 6. The van der Waals surface area contributed by atoms with Crippen LogP contribution in [0.15, 0.2) is 23.1 Å². The number of carbonyl (C=O) groups excluding carboxylic acids is 1. The van der Waals surface area contributed by atoms with E-state index in [1.54, 1.807) is 14.1 Å². The zero-order chi connectivity index (χ0) is 18.8. The second kappa shape index (κ2) is 7.36. The van der Waals surface area contributed by atoms with Gasteiger partial charge in [0.25, 0.3) is 5.91 Å². The van der Waals surface area contributed by atoms with Crippen molar-refractivity contribution in [2.45, 2.75) is 30.8 Å². The Morgan fingerprint density at radius 1 is 1.32 bits per heavy atom. The van der Waals surface area contributed by atoms with Crippen molar-refractivity contribution in [1.29, 1.82) is 0 Å². The third-order valence-electron chi connectivity index (χ3n) is 3.92. The van der Waals surface area contributed by atoms with Crippen LogP contribution in [0, 0.1) is 10.1 Å². The van der Waals surface area contributed by atoms with Crippen LogP contribution in [0.1, 0.15) is 19.8 Å². The number of ether oxygens (including phenoxy) is 1. The monoisotopic (exact) mass is 371 g/mol. The highest BCUT2D eigenvalue weighted by Gasteiger charge is 2.30. The summed E-state index contributed by atoms with van der Waals surface area (Å²) in [6, 6.07) is 3.47. The van der Waals surface area contributed by atoms with Gasteiger partial charge in [0.05, 0.1) is 9.82 Å². The second-order valence-electron chi connectivity index (χ2n) is 5.99. The number of benzene rings is 1. The standard InChI is InChI=1S/C15H21N3O6S/c1-11(15(19)16(2)3)24-14-7-6-12(10-13(14)18(20)21)25(22,23)17-8-4-5-9-17/h6-7,10-11H,4-5,8-9H2,1-3H3. The molecule has 0 spiro atoms. The lowest BCUT2D eigenvalue weighted by Gasteiger charge is -2.19. The predicted octanol–water partition coefficient (Wildman–Crippen LogP) is 1.23. The Labute approximate surface area is 146 Å². The maximum atomic E-state index is 12.5.